The number of hydrogen-bond donors (Lipinski definition) is 1. The third kappa shape index (κ3) is 5.29. The van der Waals surface area contributed by atoms with E-state index >= 15 is 0 Å². The van der Waals surface area contributed by atoms with Gasteiger partial charge >= 0.3 is 5.97 Å². The van der Waals surface area contributed by atoms with E-state index in [0.29, 0.717) is 27.6 Å². The Hall–Kier alpha value is -3.32. The normalized spacial score (nSPS) is 10.5. The molecule has 0 saturated heterocycles. The Labute approximate surface area is 192 Å². The molecule has 3 aromatic rings. The Bertz CT molecular complexity index is 1120. The summed E-state index contributed by atoms with van der Waals surface area (Å²) in [5.74, 6) is 0.556. The molecule has 0 atom stereocenters. The largest absolute Gasteiger partial charge is 0.497 e. The molecule has 0 aliphatic heterocycles. The van der Waals surface area contributed by atoms with Gasteiger partial charge in [-0.1, -0.05) is 18.2 Å². The molecule has 0 saturated carbocycles. The van der Waals surface area contributed by atoms with Crippen molar-refractivity contribution < 1.29 is 23.8 Å². The number of amides is 1. The number of benzene rings is 2. The van der Waals surface area contributed by atoms with Crippen LogP contribution >= 0.6 is 11.3 Å². The first-order valence-electron chi connectivity index (χ1n) is 10.3. The molecule has 168 valence electrons. The minimum absolute atomic E-state index is 0.165. The molecule has 1 N–H and O–H groups in total. The molecule has 7 heteroatoms. The topological polar surface area (TPSA) is 73.9 Å². The molecule has 1 amide bonds. The van der Waals surface area contributed by atoms with Gasteiger partial charge in [-0.05, 0) is 68.1 Å². The fourth-order valence-electron chi connectivity index (χ4n) is 3.30. The third-order valence-corrected chi connectivity index (χ3v) is 5.94. The number of thiophene rings is 1. The van der Waals surface area contributed by atoms with Gasteiger partial charge < -0.3 is 19.5 Å². The molecule has 0 fully saturated rings. The quantitative estimate of drug-likeness (QED) is 0.453. The Morgan fingerprint density at radius 1 is 1.06 bits per heavy atom. The summed E-state index contributed by atoms with van der Waals surface area (Å²) in [6.45, 7) is 7.77. The number of methoxy groups -OCH3 is 1. The monoisotopic (exact) mass is 453 g/mol. The highest BCUT2D eigenvalue weighted by molar-refractivity contribution is 7.15. The van der Waals surface area contributed by atoms with Crippen LogP contribution in [-0.2, 0) is 9.53 Å². The van der Waals surface area contributed by atoms with Crippen molar-refractivity contribution >= 4 is 28.2 Å². The van der Waals surface area contributed by atoms with Crippen molar-refractivity contribution in [2.45, 2.75) is 27.7 Å². The molecule has 1 heterocycles. The molecule has 0 aliphatic rings. The maximum Gasteiger partial charge on any atom is 0.341 e. The molecular formula is C25H27NO5S. The van der Waals surface area contributed by atoms with Crippen molar-refractivity contribution in [2.75, 3.05) is 25.6 Å². The van der Waals surface area contributed by atoms with E-state index < -0.39 is 5.97 Å². The second kappa shape index (κ2) is 10.3. The highest BCUT2D eigenvalue weighted by Gasteiger charge is 2.23. The molecule has 0 bridgehead atoms. The van der Waals surface area contributed by atoms with Crippen molar-refractivity contribution in [3.05, 3.63) is 64.0 Å². The maximum absolute atomic E-state index is 12.7. The lowest BCUT2D eigenvalue weighted by atomic mass is 10.0. The average molecular weight is 454 g/mol. The van der Waals surface area contributed by atoms with E-state index in [9.17, 15) is 9.59 Å². The molecular weight excluding hydrogens is 426 g/mol. The number of carbonyl (C=O) groups is 2. The first-order chi connectivity index (χ1) is 15.3. The van der Waals surface area contributed by atoms with Gasteiger partial charge in [-0.3, -0.25) is 4.79 Å². The first kappa shape index (κ1) is 23.3. The van der Waals surface area contributed by atoms with Crippen molar-refractivity contribution in [1.82, 2.24) is 0 Å². The number of hydrogen-bond acceptors (Lipinski definition) is 6. The highest BCUT2D eigenvalue weighted by atomic mass is 32.1. The maximum atomic E-state index is 12.7. The fourth-order valence-corrected chi connectivity index (χ4v) is 4.27. The van der Waals surface area contributed by atoms with Crippen LogP contribution in [0.1, 0.15) is 34.0 Å². The molecule has 0 radical (unpaired) electrons. The minimum Gasteiger partial charge on any atom is -0.497 e. The average Bonchev–Trinajstić information content (AvgIpc) is 3.19. The van der Waals surface area contributed by atoms with E-state index in [1.807, 2.05) is 56.5 Å². The predicted octanol–water partition coefficient (Wildman–Crippen LogP) is 5.54. The van der Waals surface area contributed by atoms with E-state index in [0.717, 1.165) is 22.3 Å². The van der Waals surface area contributed by atoms with Crippen molar-refractivity contribution in [3.8, 4) is 22.6 Å². The summed E-state index contributed by atoms with van der Waals surface area (Å²) in [7, 11) is 1.60. The lowest BCUT2D eigenvalue weighted by Crippen LogP contribution is -2.21. The van der Waals surface area contributed by atoms with E-state index in [1.54, 1.807) is 14.0 Å². The standard InChI is InChI=1S/C25H27NO5S/c1-6-30-25(28)23-20(18-7-9-19(29-5)10-8-18)14-32-24(23)26-22(27)13-31-21-12-15(2)11-16(3)17(21)4/h7-12,14H,6,13H2,1-5H3,(H,26,27). The van der Waals surface area contributed by atoms with Crippen LogP contribution in [0, 0.1) is 20.8 Å². The van der Waals surface area contributed by atoms with Gasteiger partial charge in [-0.25, -0.2) is 4.79 Å². The lowest BCUT2D eigenvalue weighted by Gasteiger charge is -2.13. The molecule has 32 heavy (non-hydrogen) atoms. The number of ether oxygens (including phenoxy) is 3. The summed E-state index contributed by atoms with van der Waals surface area (Å²) in [6.07, 6.45) is 0. The number of esters is 1. The van der Waals surface area contributed by atoms with Crippen LogP contribution in [0.15, 0.2) is 41.8 Å². The van der Waals surface area contributed by atoms with Crippen LogP contribution in [0.25, 0.3) is 11.1 Å². The van der Waals surface area contributed by atoms with E-state index in [-0.39, 0.29) is 19.1 Å². The van der Waals surface area contributed by atoms with E-state index in [4.69, 9.17) is 14.2 Å². The molecule has 0 spiro atoms. The zero-order valence-corrected chi connectivity index (χ0v) is 19.7. The van der Waals surface area contributed by atoms with Gasteiger partial charge in [-0.15, -0.1) is 11.3 Å². The second-order valence-electron chi connectivity index (χ2n) is 7.34. The molecule has 0 aliphatic carbocycles. The van der Waals surface area contributed by atoms with Gasteiger partial charge in [0.15, 0.2) is 6.61 Å². The Balaban J connectivity index is 1.81. The van der Waals surface area contributed by atoms with Gasteiger partial charge in [-0.2, -0.15) is 0 Å². The molecule has 0 unspecified atom stereocenters. The van der Waals surface area contributed by atoms with Crippen LogP contribution in [0.5, 0.6) is 11.5 Å². The zero-order valence-electron chi connectivity index (χ0n) is 18.9. The van der Waals surface area contributed by atoms with Crippen LogP contribution in [0.3, 0.4) is 0 Å². The van der Waals surface area contributed by atoms with Gasteiger partial charge in [0, 0.05) is 10.9 Å². The number of anilines is 1. The van der Waals surface area contributed by atoms with Gasteiger partial charge in [0.05, 0.1) is 13.7 Å². The molecule has 2 aromatic carbocycles. The number of aryl methyl sites for hydroxylation is 2. The van der Waals surface area contributed by atoms with Gasteiger partial charge in [0.1, 0.15) is 22.1 Å². The lowest BCUT2D eigenvalue weighted by molar-refractivity contribution is -0.118. The van der Waals surface area contributed by atoms with Crippen LogP contribution < -0.4 is 14.8 Å². The fraction of sp³-hybridized carbons (Fsp3) is 0.280. The summed E-state index contributed by atoms with van der Waals surface area (Å²) in [5.41, 5.74) is 5.01. The van der Waals surface area contributed by atoms with Crippen molar-refractivity contribution in [3.63, 3.8) is 0 Å². The highest BCUT2D eigenvalue weighted by Crippen LogP contribution is 2.37. The predicted molar refractivity (Wildman–Crippen MR) is 127 cm³/mol. The number of rotatable bonds is 8. The summed E-state index contributed by atoms with van der Waals surface area (Å²) in [6, 6.07) is 11.3. The van der Waals surface area contributed by atoms with Crippen molar-refractivity contribution in [2.24, 2.45) is 0 Å². The number of nitrogens with one attached hydrogen (secondary N) is 1. The number of carbonyl (C=O) groups excluding carboxylic acids is 2. The first-order valence-corrected chi connectivity index (χ1v) is 11.2. The van der Waals surface area contributed by atoms with Crippen molar-refractivity contribution in [1.29, 1.82) is 0 Å². The Kier molecular flexibility index (Phi) is 7.53. The second-order valence-corrected chi connectivity index (χ2v) is 8.22. The summed E-state index contributed by atoms with van der Waals surface area (Å²) < 4.78 is 16.2. The van der Waals surface area contributed by atoms with Gasteiger partial charge in [0.2, 0.25) is 0 Å². The summed E-state index contributed by atoms with van der Waals surface area (Å²) >= 11 is 1.27. The van der Waals surface area contributed by atoms with Crippen LogP contribution in [0.2, 0.25) is 0 Å². The summed E-state index contributed by atoms with van der Waals surface area (Å²) in [4.78, 5) is 25.3. The molecule has 3 rings (SSSR count). The third-order valence-electron chi connectivity index (χ3n) is 5.05. The van der Waals surface area contributed by atoms with E-state index in [2.05, 4.69) is 11.4 Å². The zero-order chi connectivity index (χ0) is 23.3. The van der Waals surface area contributed by atoms with Gasteiger partial charge in [0.25, 0.3) is 5.91 Å². The Morgan fingerprint density at radius 3 is 2.44 bits per heavy atom. The minimum atomic E-state index is -0.485. The molecule has 1 aromatic heterocycles. The smallest absolute Gasteiger partial charge is 0.341 e. The summed E-state index contributed by atoms with van der Waals surface area (Å²) in [5, 5.41) is 5.07. The van der Waals surface area contributed by atoms with E-state index in [1.165, 1.54) is 11.3 Å². The SMILES string of the molecule is CCOC(=O)c1c(-c2ccc(OC)cc2)csc1NC(=O)COc1cc(C)cc(C)c1C. The Morgan fingerprint density at radius 2 is 1.78 bits per heavy atom. The van der Waals surface area contributed by atoms with Crippen LogP contribution in [0.4, 0.5) is 5.00 Å². The van der Waals surface area contributed by atoms with Crippen LogP contribution in [-0.4, -0.2) is 32.2 Å². The molecule has 6 nitrogen and oxygen atoms in total.